The van der Waals surface area contributed by atoms with Crippen molar-refractivity contribution in [3.63, 3.8) is 0 Å². The molecule has 1 aromatic carbocycles. The molecule has 13 heteroatoms. The number of pyridine rings is 1. The Bertz CT molecular complexity index is 1240. The molecule has 1 N–H and O–H groups in total. The van der Waals surface area contributed by atoms with Crippen LogP contribution in [-0.2, 0) is 6.18 Å². The highest BCUT2D eigenvalue weighted by atomic mass is 19.4. The topological polar surface area (TPSA) is 111 Å². The number of aromatic nitrogens is 5. The average molecular weight is 433 g/mol. The fraction of sp³-hybridized carbons (Fsp3) is 0.167. The van der Waals surface area contributed by atoms with Gasteiger partial charge >= 0.3 is 12.2 Å². The fourth-order valence-electron chi connectivity index (χ4n) is 2.93. The number of fused-ring (bicyclic) bond motifs is 1. The summed E-state index contributed by atoms with van der Waals surface area (Å²) < 4.78 is 52.0. The summed E-state index contributed by atoms with van der Waals surface area (Å²) in [6.45, 7) is 0. The lowest BCUT2D eigenvalue weighted by Gasteiger charge is -2.20. The van der Waals surface area contributed by atoms with E-state index >= 15 is 0 Å². The molecule has 0 bridgehead atoms. The summed E-state index contributed by atoms with van der Waals surface area (Å²) in [4.78, 5) is 14.0. The number of amides is 1. The second kappa shape index (κ2) is 7.59. The normalized spacial score (nSPS) is 11.5. The first-order valence-electron chi connectivity index (χ1n) is 8.70. The molecule has 0 aliphatic carbocycles. The average Bonchev–Trinajstić information content (AvgIpc) is 3.41. The van der Waals surface area contributed by atoms with Crippen LogP contribution in [0.2, 0.25) is 0 Å². The lowest BCUT2D eigenvalue weighted by Crippen LogP contribution is -2.20. The first-order chi connectivity index (χ1) is 14.8. The van der Waals surface area contributed by atoms with E-state index in [1.165, 1.54) is 19.1 Å². The van der Waals surface area contributed by atoms with Crippen molar-refractivity contribution in [1.29, 1.82) is 0 Å². The molecule has 1 amide bonds. The van der Waals surface area contributed by atoms with Crippen molar-refractivity contribution in [1.82, 2.24) is 24.8 Å². The minimum Gasteiger partial charge on any atom is -0.497 e. The van der Waals surface area contributed by atoms with E-state index in [1.54, 1.807) is 24.3 Å². The molecule has 0 aliphatic heterocycles. The molecule has 31 heavy (non-hydrogen) atoms. The number of alkyl halides is 3. The van der Waals surface area contributed by atoms with Crippen LogP contribution in [0.5, 0.6) is 5.75 Å². The van der Waals surface area contributed by atoms with E-state index in [-0.39, 0.29) is 23.2 Å². The number of carbonyl (C=O) groups excluding carboxylic acids is 1. The molecule has 0 radical (unpaired) electrons. The number of nitrogens with one attached hydrogen (secondary N) is 1. The van der Waals surface area contributed by atoms with Gasteiger partial charge in [-0.05, 0) is 24.3 Å². The Morgan fingerprint density at radius 2 is 2.00 bits per heavy atom. The first-order valence-corrected chi connectivity index (χ1v) is 8.70. The molecule has 0 saturated carbocycles. The lowest BCUT2D eigenvalue weighted by atomic mass is 10.2. The second-order valence-electron chi connectivity index (χ2n) is 6.25. The zero-order valence-corrected chi connectivity index (χ0v) is 16.1. The van der Waals surface area contributed by atoms with Gasteiger partial charge in [0.2, 0.25) is 12.3 Å². The number of ether oxygens (including phenoxy) is 1. The maximum atomic E-state index is 13.7. The highest BCUT2D eigenvalue weighted by Gasteiger charge is 2.36. The van der Waals surface area contributed by atoms with E-state index in [0.29, 0.717) is 11.4 Å². The van der Waals surface area contributed by atoms with Crippen molar-refractivity contribution < 1.29 is 27.1 Å². The van der Waals surface area contributed by atoms with Crippen LogP contribution in [0, 0.1) is 0 Å². The Morgan fingerprint density at radius 3 is 2.68 bits per heavy atom. The molecule has 0 saturated heterocycles. The van der Waals surface area contributed by atoms with Gasteiger partial charge < -0.3 is 14.1 Å². The van der Waals surface area contributed by atoms with E-state index in [2.05, 4.69) is 25.7 Å². The third kappa shape index (κ3) is 3.72. The van der Waals surface area contributed by atoms with Gasteiger partial charge in [-0.15, -0.1) is 15.3 Å². The van der Waals surface area contributed by atoms with Crippen molar-refractivity contribution in [2.24, 2.45) is 0 Å². The Morgan fingerprint density at radius 1 is 1.19 bits per heavy atom. The van der Waals surface area contributed by atoms with Gasteiger partial charge in [0.15, 0.2) is 5.65 Å². The van der Waals surface area contributed by atoms with Crippen molar-refractivity contribution in [2.75, 3.05) is 24.4 Å². The number of hydrogen-bond donors (Lipinski definition) is 1. The van der Waals surface area contributed by atoms with Crippen LogP contribution in [0.3, 0.4) is 0 Å². The number of anilines is 3. The Kier molecular flexibility index (Phi) is 4.93. The van der Waals surface area contributed by atoms with Crippen LogP contribution in [-0.4, -0.2) is 44.9 Å². The number of hydrogen-bond acceptors (Lipinski definition) is 8. The molecule has 0 fully saturated rings. The van der Waals surface area contributed by atoms with Crippen LogP contribution in [0.15, 0.2) is 47.2 Å². The van der Waals surface area contributed by atoms with Gasteiger partial charge in [-0.1, -0.05) is 11.2 Å². The summed E-state index contributed by atoms with van der Waals surface area (Å²) in [6.07, 6.45) is -3.73. The molecule has 4 aromatic rings. The predicted octanol–water partition coefficient (Wildman–Crippen LogP) is 3.16. The number of rotatable bonds is 5. The molecule has 0 atom stereocenters. The largest absolute Gasteiger partial charge is 0.497 e. The second-order valence-corrected chi connectivity index (χ2v) is 6.25. The number of nitrogens with zero attached hydrogens (tertiary/aromatic N) is 6. The third-order valence-corrected chi connectivity index (χ3v) is 4.39. The monoisotopic (exact) mass is 433 g/mol. The SMILES string of the molecule is COc1cccc(N(C)c2nnc3c(C(=O)Nc4nnco4)ccc(C(F)(F)F)n23)c1. The van der Waals surface area contributed by atoms with Gasteiger partial charge in [-0.3, -0.25) is 14.5 Å². The van der Waals surface area contributed by atoms with Crippen LogP contribution in [0.4, 0.5) is 30.8 Å². The number of halogens is 3. The molecular formula is C18H14F3N7O3. The molecule has 0 spiro atoms. The van der Waals surface area contributed by atoms with Gasteiger partial charge in [-0.2, -0.15) is 13.2 Å². The minimum absolute atomic E-state index is 0.150. The Labute approximate surface area is 172 Å². The van der Waals surface area contributed by atoms with Gasteiger partial charge in [0, 0.05) is 18.8 Å². The lowest BCUT2D eigenvalue weighted by molar-refractivity contribution is -0.141. The number of benzene rings is 1. The summed E-state index contributed by atoms with van der Waals surface area (Å²) in [6, 6.07) is 8.25. The molecule has 0 aliphatic rings. The molecule has 3 heterocycles. The molecule has 0 unspecified atom stereocenters. The highest BCUT2D eigenvalue weighted by molar-refractivity contribution is 6.07. The van der Waals surface area contributed by atoms with Gasteiger partial charge in [0.05, 0.1) is 12.7 Å². The van der Waals surface area contributed by atoms with E-state index < -0.39 is 17.8 Å². The summed E-state index contributed by atoms with van der Waals surface area (Å²) in [7, 11) is 3.00. The zero-order valence-electron chi connectivity index (χ0n) is 16.1. The van der Waals surface area contributed by atoms with Crippen LogP contribution in [0.1, 0.15) is 16.1 Å². The van der Waals surface area contributed by atoms with Crippen molar-refractivity contribution in [2.45, 2.75) is 6.18 Å². The quantitative estimate of drug-likeness (QED) is 0.511. The van der Waals surface area contributed by atoms with Crippen LogP contribution in [0.25, 0.3) is 5.65 Å². The van der Waals surface area contributed by atoms with Crippen LogP contribution < -0.4 is 15.0 Å². The standard InChI is InChI=1S/C18H14F3N7O3/c1-27(10-4-3-5-11(8-10)30-2)17-26-24-14-12(15(29)23-16-25-22-9-31-16)6-7-13(28(14)17)18(19,20)21/h3-9H,1-2H3,(H,23,25,29). The molecular weight excluding hydrogens is 419 g/mol. The summed E-state index contributed by atoms with van der Waals surface area (Å²) in [5, 5.41) is 17.0. The van der Waals surface area contributed by atoms with Crippen molar-refractivity contribution in [3.05, 3.63) is 54.0 Å². The third-order valence-electron chi connectivity index (χ3n) is 4.39. The molecule has 4 rings (SSSR count). The Hall–Kier alpha value is -4.16. The van der Waals surface area contributed by atoms with E-state index in [1.807, 2.05) is 0 Å². The fourth-order valence-corrected chi connectivity index (χ4v) is 2.93. The van der Waals surface area contributed by atoms with E-state index in [4.69, 9.17) is 9.15 Å². The predicted molar refractivity (Wildman–Crippen MR) is 101 cm³/mol. The van der Waals surface area contributed by atoms with Crippen molar-refractivity contribution >= 4 is 29.2 Å². The molecule has 10 nitrogen and oxygen atoms in total. The van der Waals surface area contributed by atoms with Gasteiger partial charge in [0.25, 0.3) is 5.91 Å². The van der Waals surface area contributed by atoms with Gasteiger partial charge in [-0.25, -0.2) is 0 Å². The minimum atomic E-state index is -4.73. The zero-order chi connectivity index (χ0) is 22.2. The maximum Gasteiger partial charge on any atom is 0.431 e. The van der Waals surface area contributed by atoms with E-state index in [9.17, 15) is 18.0 Å². The summed E-state index contributed by atoms with van der Waals surface area (Å²) in [5.74, 6) is -0.428. The molecule has 160 valence electrons. The first kappa shape index (κ1) is 20.1. The summed E-state index contributed by atoms with van der Waals surface area (Å²) >= 11 is 0. The summed E-state index contributed by atoms with van der Waals surface area (Å²) in [5.41, 5.74) is -1.00. The van der Waals surface area contributed by atoms with E-state index in [0.717, 1.165) is 22.9 Å². The van der Waals surface area contributed by atoms with Crippen LogP contribution >= 0.6 is 0 Å². The Balaban J connectivity index is 1.85. The van der Waals surface area contributed by atoms with Crippen molar-refractivity contribution in [3.8, 4) is 5.75 Å². The number of carbonyl (C=O) groups is 1. The highest BCUT2D eigenvalue weighted by Crippen LogP contribution is 2.34. The number of methoxy groups -OCH3 is 1. The molecule has 3 aromatic heterocycles. The smallest absolute Gasteiger partial charge is 0.431 e. The van der Waals surface area contributed by atoms with Gasteiger partial charge in [0.1, 0.15) is 11.4 Å². The maximum absolute atomic E-state index is 13.7.